The van der Waals surface area contributed by atoms with Gasteiger partial charge in [-0.05, 0) is 38.8 Å². The fourth-order valence-corrected chi connectivity index (χ4v) is 3.36. The van der Waals surface area contributed by atoms with Crippen LogP contribution in [0.1, 0.15) is 39.5 Å². The monoisotopic (exact) mass is 267 g/mol. The second-order valence-electron chi connectivity index (χ2n) is 6.13. The number of nitrogens with one attached hydrogen (secondary N) is 1. The van der Waals surface area contributed by atoms with Crippen LogP contribution in [0.4, 0.5) is 0 Å². The zero-order valence-corrected chi connectivity index (χ0v) is 12.7. The highest BCUT2D eigenvalue weighted by Gasteiger charge is 2.32. The van der Waals surface area contributed by atoms with E-state index in [1.54, 1.807) is 0 Å². The molecule has 0 radical (unpaired) electrons. The first kappa shape index (κ1) is 14.8. The molecular formula is C15H29N3O. The third-order valence-corrected chi connectivity index (χ3v) is 4.95. The highest BCUT2D eigenvalue weighted by atomic mass is 16.2. The molecule has 2 aliphatic rings. The first-order chi connectivity index (χ1) is 9.15. The number of piperidine rings is 1. The molecule has 3 atom stereocenters. The number of hydrogen-bond donors (Lipinski definition) is 1. The molecule has 0 saturated carbocycles. The van der Waals surface area contributed by atoms with E-state index in [1.165, 1.54) is 12.8 Å². The number of hydrogen-bond acceptors (Lipinski definition) is 3. The zero-order valence-electron chi connectivity index (χ0n) is 12.7. The number of likely N-dealkylation sites (N-methyl/N-ethyl adjacent to an activating group) is 1. The Labute approximate surface area is 117 Å². The van der Waals surface area contributed by atoms with Crippen molar-refractivity contribution in [1.29, 1.82) is 0 Å². The van der Waals surface area contributed by atoms with Gasteiger partial charge in [-0.3, -0.25) is 9.69 Å². The van der Waals surface area contributed by atoms with E-state index < -0.39 is 0 Å². The van der Waals surface area contributed by atoms with Crippen LogP contribution in [-0.4, -0.2) is 61.0 Å². The van der Waals surface area contributed by atoms with Crippen molar-refractivity contribution in [2.24, 2.45) is 5.92 Å². The third-order valence-electron chi connectivity index (χ3n) is 4.95. The topological polar surface area (TPSA) is 35.6 Å². The molecule has 0 aliphatic carbocycles. The molecule has 0 aromatic heterocycles. The molecule has 2 fully saturated rings. The van der Waals surface area contributed by atoms with Crippen molar-refractivity contribution in [1.82, 2.24) is 15.1 Å². The van der Waals surface area contributed by atoms with Crippen LogP contribution in [-0.2, 0) is 4.79 Å². The van der Waals surface area contributed by atoms with Gasteiger partial charge in [0.25, 0.3) is 0 Å². The summed E-state index contributed by atoms with van der Waals surface area (Å²) in [6.07, 6.45) is 4.57. The second-order valence-corrected chi connectivity index (χ2v) is 6.13. The summed E-state index contributed by atoms with van der Waals surface area (Å²) in [6, 6.07) is 0.600. The second kappa shape index (κ2) is 6.71. The Morgan fingerprint density at radius 3 is 2.74 bits per heavy atom. The Balaban J connectivity index is 1.92. The van der Waals surface area contributed by atoms with Crippen molar-refractivity contribution in [3.8, 4) is 0 Å². The maximum Gasteiger partial charge on any atom is 0.239 e. The average molecular weight is 267 g/mol. The van der Waals surface area contributed by atoms with Gasteiger partial charge < -0.3 is 10.2 Å². The Morgan fingerprint density at radius 1 is 1.26 bits per heavy atom. The van der Waals surface area contributed by atoms with Gasteiger partial charge in [0.1, 0.15) is 0 Å². The van der Waals surface area contributed by atoms with E-state index in [0.29, 0.717) is 11.9 Å². The number of carbonyl (C=O) groups excluding carboxylic acids is 1. The summed E-state index contributed by atoms with van der Waals surface area (Å²) in [5, 5.41) is 3.42. The molecule has 2 heterocycles. The molecule has 4 heteroatoms. The van der Waals surface area contributed by atoms with Crippen molar-refractivity contribution in [2.75, 3.05) is 33.2 Å². The van der Waals surface area contributed by atoms with Gasteiger partial charge in [0.2, 0.25) is 5.91 Å². The van der Waals surface area contributed by atoms with Gasteiger partial charge in [-0.2, -0.15) is 0 Å². The van der Waals surface area contributed by atoms with Crippen molar-refractivity contribution in [3.05, 3.63) is 0 Å². The maximum absolute atomic E-state index is 12.6. The molecule has 1 N–H and O–H groups in total. The quantitative estimate of drug-likeness (QED) is 0.837. The van der Waals surface area contributed by atoms with E-state index in [0.717, 1.165) is 44.9 Å². The van der Waals surface area contributed by atoms with Crippen LogP contribution in [0.3, 0.4) is 0 Å². The van der Waals surface area contributed by atoms with Crippen LogP contribution >= 0.6 is 0 Å². The lowest BCUT2D eigenvalue weighted by molar-refractivity contribution is -0.137. The molecule has 0 spiro atoms. The summed E-state index contributed by atoms with van der Waals surface area (Å²) < 4.78 is 0. The maximum atomic E-state index is 12.6. The highest BCUT2D eigenvalue weighted by molar-refractivity contribution is 5.82. The summed E-state index contributed by atoms with van der Waals surface area (Å²) in [5.74, 6) is 1.06. The van der Waals surface area contributed by atoms with Crippen LogP contribution in [0.15, 0.2) is 0 Å². The van der Waals surface area contributed by atoms with Gasteiger partial charge in [-0.25, -0.2) is 0 Å². The molecular weight excluding hydrogens is 238 g/mol. The van der Waals surface area contributed by atoms with Crippen molar-refractivity contribution in [3.63, 3.8) is 0 Å². The van der Waals surface area contributed by atoms with Gasteiger partial charge in [0, 0.05) is 25.7 Å². The zero-order chi connectivity index (χ0) is 13.8. The van der Waals surface area contributed by atoms with E-state index in [2.05, 4.69) is 36.0 Å². The van der Waals surface area contributed by atoms with Gasteiger partial charge in [-0.15, -0.1) is 0 Å². The predicted octanol–water partition coefficient (Wildman–Crippen LogP) is 1.32. The molecule has 0 aromatic rings. The van der Waals surface area contributed by atoms with E-state index in [-0.39, 0.29) is 6.04 Å². The van der Waals surface area contributed by atoms with E-state index in [4.69, 9.17) is 0 Å². The smallest absolute Gasteiger partial charge is 0.239 e. The van der Waals surface area contributed by atoms with Crippen molar-refractivity contribution < 1.29 is 4.79 Å². The fourth-order valence-electron chi connectivity index (χ4n) is 3.36. The molecule has 110 valence electrons. The summed E-state index contributed by atoms with van der Waals surface area (Å²) in [5.41, 5.74) is 0. The molecule has 2 aliphatic heterocycles. The summed E-state index contributed by atoms with van der Waals surface area (Å²) in [7, 11) is 2.17. The highest BCUT2D eigenvalue weighted by Crippen LogP contribution is 2.21. The minimum atomic E-state index is 0.0691. The molecule has 4 nitrogen and oxygen atoms in total. The lowest BCUT2D eigenvalue weighted by Gasteiger charge is -2.41. The standard InChI is InChI=1S/C15H29N3O/c1-4-12-6-7-16-14(10-12)15(19)18-9-8-17(3)13(5-2)11-18/h12-14,16H,4-11H2,1-3H3. The minimum absolute atomic E-state index is 0.0691. The van der Waals surface area contributed by atoms with Crippen LogP contribution in [0.5, 0.6) is 0 Å². The number of rotatable bonds is 3. The number of carbonyl (C=O) groups is 1. The van der Waals surface area contributed by atoms with Gasteiger partial charge in [-0.1, -0.05) is 20.3 Å². The van der Waals surface area contributed by atoms with Crippen LogP contribution < -0.4 is 5.32 Å². The Hall–Kier alpha value is -0.610. The molecule has 2 saturated heterocycles. The first-order valence-corrected chi connectivity index (χ1v) is 7.88. The van der Waals surface area contributed by atoms with Gasteiger partial charge in [0.15, 0.2) is 0 Å². The molecule has 2 rings (SSSR count). The van der Waals surface area contributed by atoms with E-state index >= 15 is 0 Å². The SMILES string of the molecule is CCC1CCNC(C(=O)N2CCN(C)C(CC)C2)C1. The van der Waals surface area contributed by atoms with Gasteiger partial charge in [0.05, 0.1) is 6.04 Å². The fraction of sp³-hybridized carbons (Fsp3) is 0.933. The van der Waals surface area contributed by atoms with Crippen LogP contribution in [0.25, 0.3) is 0 Å². The number of amides is 1. The van der Waals surface area contributed by atoms with Crippen molar-refractivity contribution in [2.45, 2.75) is 51.6 Å². The normalized spacial score (nSPS) is 33.4. The Kier molecular flexibility index (Phi) is 5.22. The molecule has 0 aromatic carbocycles. The van der Waals surface area contributed by atoms with Crippen LogP contribution in [0.2, 0.25) is 0 Å². The molecule has 3 unspecified atom stereocenters. The van der Waals surface area contributed by atoms with Crippen LogP contribution in [0, 0.1) is 5.92 Å². The Bertz CT molecular complexity index is 308. The summed E-state index contributed by atoms with van der Waals surface area (Å²) in [6.45, 7) is 8.25. The summed E-state index contributed by atoms with van der Waals surface area (Å²) >= 11 is 0. The summed E-state index contributed by atoms with van der Waals surface area (Å²) in [4.78, 5) is 17.1. The molecule has 19 heavy (non-hydrogen) atoms. The number of piperazine rings is 1. The van der Waals surface area contributed by atoms with Crippen molar-refractivity contribution >= 4 is 5.91 Å². The largest absolute Gasteiger partial charge is 0.338 e. The lowest BCUT2D eigenvalue weighted by atomic mass is 9.89. The van der Waals surface area contributed by atoms with Gasteiger partial charge >= 0.3 is 0 Å². The lowest BCUT2D eigenvalue weighted by Crippen LogP contribution is -2.58. The first-order valence-electron chi connectivity index (χ1n) is 7.88. The van der Waals surface area contributed by atoms with E-state index in [1.807, 2.05) is 0 Å². The molecule has 0 bridgehead atoms. The Morgan fingerprint density at radius 2 is 2.05 bits per heavy atom. The molecule has 1 amide bonds. The minimum Gasteiger partial charge on any atom is -0.338 e. The average Bonchev–Trinajstić information content (AvgIpc) is 2.47. The predicted molar refractivity (Wildman–Crippen MR) is 78.1 cm³/mol. The number of nitrogens with zero attached hydrogens (tertiary/aromatic N) is 2. The third kappa shape index (κ3) is 3.48. The van der Waals surface area contributed by atoms with E-state index in [9.17, 15) is 4.79 Å².